The Morgan fingerprint density at radius 3 is 2.94 bits per heavy atom. The average Bonchev–Trinajstić information content (AvgIpc) is 2.29. The van der Waals surface area contributed by atoms with Crippen LogP contribution in [0, 0.1) is 0 Å². The molecule has 1 aromatic carbocycles. The third-order valence-corrected chi connectivity index (χ3v) is 2.10. The summed E-state index contributed by atoms with van der Waals surface area (Å²) >= 11 is 0. The normalized spacial score (nSPS) is 11.9. The molecule has 5 nitrogen and oxygen atoms in total. The van der Waals surface area contributed by atoms with Crippen LogP contribution < -0.4 is 10.6 Å². The molecule has 1 aromatic rings. The Bertz CT molecular complexity index is 355. The first-order valence-corrected chi connectivity index (χ1v) is 4.95. The SMILES string of the molecule is CNCC(O)c1cccc(NC(=O)OC)c1. The highest BCUT2D eigenvalue weighted by molar-refractivity contribution is 5.84. The van der Waals surface area contributed by atoms with Crippen molar-refractivity contribution in [3.63, 3.8) is 0 Å². The first kappa shape index (κ1) is 12.5. The number of rotatable bonds is 4. The number of carbonyl (C=O) groups excluding carboxylic acids is 1. The Balaban J connectivity index is 2.74. The molecule has 1 rings (SSSR count). The lowest BCUT2D eigenvalue weighted by molar-refractivity contribution is 0.177. The third kappa shape index (κ3) is 3.52. The zero-order chi connectivity index (χ0) is 12.0. The summed E-state index contributed by atoms with van der Waals surface area (Å²) in [6, 6.07) is 7.00. The van der Waals surface area contributed by atoms with Crippen LogP contribution in [0.3, 0.4) is 0 Å². The van der Waals surface area contributed by atoms with Gasteiger partial charge in [0.25, 0.3) is 0 Å². The number of carbonyl (C=O) groups is 1. The molecule has 0 bridgehead atoms. The van der Waals surface area contributed by atoms with Crippen molar-refractivity contribution in [2.75, 3.05) is 26.0 Å². The van der Waals surface area contributed by atoms with Crippen molar-refractivity contribution in [1.82, 2.24) is 5.32 Å². The molecule has 0 fully saturated rings. The molecule has 0 saturated carbocycles. The smallest absolute Gasteiger partial charge is 0.411 e. The van der Waals surface area contributed by atoms with Gasteiger partial charge in [-0.25, -0.2) is 4.79 Å². The quantitative estimate of drug-likeness (QED) is 0.716. The molecule has 5 heteroatoms. The number of anilines is 1. The van der Waals surface area contributed by atoms with Gasteiger partial charge in [-0.15, -0.1) is 0 Å². The Kier molecular flexibility index (Phi) is 4.75. The Morgan fingerprint density at radius 2 is 2.31 bits per heavy atom. The van der Waals surface area contributed by atoms with Crippen LogP contribution in [0.5, 0.6) is 0 Å². The van der Waals surface area contributed by atoms with Crippen LogP contribution in [0.25, 0.3) is 0 Å². The van der Waals surface area contributed by atoms with Gasteiger partial charge in [0.05, 0.1) is 13.2 Å². The molecule has 0 heterocycles. The van der Waals surface area contributed by atoms with E-state index in [0.29, 0.717) is 12.2 Å². The van der Waals surface area contributed by atoms with Crippen LogP contribution in [-0.4, -0.2) is 31.9 Å². The van der Waals surface area contributed by atoms with Crippen molar-refractivity contribution >= 4 is 11.8 Å². The molecule has 88 valence electrons. The molecule has 1 amide bonds. The molecular weight excluding hydrogens is 208 g/mol. The van der Waals surface area contributed by atoms with Gasteiger partial charge in [0, 0.05) is 12.2 Å². The van der Waals surface area contributed by atoms with Crippen LogP contribution in [0.4, 0.5) is 10.5 Å². The van der Waals surface area contributed by atoms with Crippen molar-refractivity contribution in [3.05, 3.63) is 29.8 Å². The minimum atomic E-state index is -0.593. The van der Waals surface area contributed by atoms with Crippen molar-refractivity contribution in [3.8, 4) is 0 Å². The molecule has 0 aliphatic rings. The van der Waals surface area contributed by atoms with E-state index in [1.165, 1.54) is 7.11 Å². The lowest BCUT2D eigenvalue weighted by atomic mass is 10.1. The van der Waals surface area contributed by atoms with E-state index < -0.39 is 12.2 Å². The lowest BCUT2D eigenvalue weighted by Crippen LogP contribution is -2.17. The number of aliphatic hydroxyl groups is 1. The van der Waals surface area contributed by atoms with Crippen molar-refractivity contribution in [1.29, 1.82) is 0 Å². The van der Waals surface area contributed by atoms with Gasteiger partial charge < -0.3 is 15.2 Å². The van der Waals surface area contributed by atoms with Crippen molar-refractivity contribution in [2.45, 2.75) is 6.10 Å². The molecular formula is C11H16N2O3. The highest BCUT2D eigenvalue weighted by Crippen LogP contribution is 2.17. The fourth-order valence-electron chi connectivity index (χ4n) is 1.30. The number of benzene rings is 1. The predicted molar refractivity (Wildman–Crippen MR) is 61.4 cm³/mol. The first-order chi connectivity index (χ1) is 7.67. The fourth-order valence-corrected chi connectivity index (χ4v) is 1.30. The standard InChI is InChI=1S/C11H16N2O3/c1-12-7-10(14)8-4-3-5-9(6-8)13-11(15)16-2/h3-6,10,12,14H,7H2,1-2H3,(H,13,15). The van der Waals surface area contributed by atoms with Gasteiger partial charge in [0.1, 0.15) is 0 Å². The Hall–Kier alpha value is -1.59. The van der Waals surface area contributed by atoms with Gasteiger partial charge in [-0.1, -0.05) is 12.1 Å². The number of methoxy groups -OCH3 is 1. The second-order valence-electron chi connectivity index (χ2n) is 3.32. The summed E-state index contributed by atoms with van der Waals surface area (Å²) in [5, 5.41) is 15.1. The van der Waals surface area contributed by atoms with Gasteiger partial charge >= 0.3 is 6.09 Å². The molecule has 0 radical (unpaired) electrons. The van der Waals surface area contributed by atoms with Gasteiger partial charge in [0.15, 0.2) is 0 Å². The number of ether oxygens (including phenoxy) is 1. The molecule has 16 heavy (non-hydrogen) atoms. The number of likely N-dealkylation sites (N-methyl/N-ethyl adjacent to an activating group) is 1. The van der Waals surface area contributed by atoms with E-state index in [0.717, 1.165) is 5.56 Å². The minimum Gasteiger partial charge on any atom is -0.453 e. The van der Waals surface area contributed by atoms with E-state index in [1.807, 2.05) is 0 Å². The number of amides is 1. The summed E-state index contributed by atoms with van der Waals surface area (Å²) in [7, 11) is 3.06. The van der Waals surface area contributed by atoms with Crippen molar-refractivity contribution in [2.24, 2.45) is 0 Å². The topological polar surface area (TPSA) is 70.6 Å². The molecule has 1 unspecified atom stereocenters. The van der Waals surface area contributed by atoms with Crippen LogP contribution in [0.2, 0.25) is 0 Å². The van der Waals surface area contributed by atoms with Crippen molar-refractivity contribution < 1.29 is 14.6 Å². The second kappa shape index (κ2) is 6.09. The third-order valence-electron chi connectivity index (χ3n) is 2.10. The molecule has 0 spiro atoms. The maximum absolute atomic E-state index is 11.0. The lowest BCUT2D eigenvalue weighted by Gasteiger charge is -2.11. The number of nitrogens with one attached hydrogen (secondary N) is 2. The van der Waals surface area contributed by atoms with Gasteiger partial charge in [-0.3, -0.25) is 5.32 Å². The summed E-state index contributed by atoms with van der Waals surface area (Å²) in [6.07, 6.45) is -1.12. The van der Waals surface area contributed by atoms with Crippen LogP contribution in [0.1, 0.15) is 11.7 Å². The summed E-state index contributed by atoms with van der Waals surface area (Å²) < 4.78 is 4.48. The molecule has 0 saturated heterocycles. The highest BCUT2D eigenvalue weighted by Gasteiger charge is 2.07. The maximum atomic E-state index is 11.0. The van der Waals surface area contributed by atoms with E-state index in [-0.39, 0.29) is 0 Å². The summed E-state index contributed by atoms with van der Waals surface area (Å²) in [6.45, 7) is 0.460. The zero-order valence-electron chi connectivity index (χ0n) is 9.36. The monoisotopic (exact) mass is 224 g/mol. The molecule has 3 N–H and O–H groups in total. The number of hydrogen-bond acceptors (Lipinski definition) is 4. The van der Waals surface area contributed by atoms with Crippen LogP contribution in [0.15, 0.2) is 24.3 Å². The first-order valence-electron chi connectivity index (χ1n) is 4.95. The summed E-state index contributed by atoms with van der Waals surface area (Å²) in [4.78, 5) is 11.0. The maximum Gasteiger partial charge on any atom is 0.411 e. The fraction of sp³-hybridized carbons (Fsp3) is 0.364. The molecule has 1 atom stereocenters. The molecule has 0 aliphatic carbocycles. The molecule has 0 aromatic heterocycles. The second-order valence-corrected chi connectivity index (χ2v) is 3.32. The van der Waals surface area contributed by atoms with Gasteiger partial charge in [-0.2, -0.15) is 0 Å². The van der Waals surface area contributed by atoms with E-state index in [4.69, 9.17) is 0 Å². The largest absolute Gasteiger partial charge is 0.453 e. The predicted octanol–water partition coefficient (Wildman–Crippen LogP) is 1.12. The number of aliphatic hydroxyl groups excluding tert-OH is 1. The van der Waals surface area contributed by atoms with E-state index >= 15 is 0 Å². The average molecular weight is 224 g/mol. The van der Waals surface area contributed by atoms with Gasteiger partial charge in [0.2, 0.25) is 0 Å². The zero-order valence-corrected chi connectivity index (χ0v) is 9.36. The number of hydrogen-bond donors (Lipinski definition) is 3. The minimum absolute atomic E-state index is 0.460. The van der Waals surface area contributed by atoms with Gasteiger partial charge in [-0.05, 0) is 24.7 Å². The molecule has 0 aliphatic heterocycles. The van der Waals surface area contributed by atoms with Crippen LogP contribution >= 0.6 is 0 Å². The van der Waals surface area contributed by atoms with Crippen LogP contribution in [-0.2, 0) is 4.74 Å². The van der Waals surface area contributed by atoms with E-state index in [2.05, 4.69) is 15.4 Å². The summed E-state index contributed by atoms with van der Waals surface area (Å²) in [5.41, 5.74) is 1.34. The Labute approximate surface area is 94.4 Å². The van der Waals surface area contributed by atoms with E-state index in [9.17, 15) is 9.90 Å². The van der Waals surface area contributed by atoms with E-state index in [1.54, 1.807) is 31.3 Å². The highest BCUT2D eigenvalue weighted by atomic mass is 16.5. The Morgan fingerprint density at radius 1 is 1.56 bits per heavy atom. The summed E-state index contributed by atoms with van der Waals surface area (Å²) in [5.74, 6) is 0.